The van der Waals surface area contributed by atoms with Crippen LogP contribution in [0, 0.1) is 5.41 Å². The van der Waals surface area contributed by atoms with Gasteiger partial charge in [-0.05, 0) is 54.2 Å². The summed E-state index contributed by atoms with van der Waals surface area (Å²) in [6, 6.07) is 9.86. The van der Waals surface area contributed by atoms with E-state index in [0.29, 0.717) is 47.8 Å². The van der Waals surface area contributed by atoms with Crippen LogP contribution in [0.4, 0.5) is 5.69 Å². The van der Waals surface area contributed by atoms with Crippen LogP contribution in [0.1, 0.15) is 50.4 Å². The highest BCUT2D eigenvalue weighted by Crippen LogP contribution is 2.36. The Morgan fingerprint density at radius 3 is 2.65 bits per heavy atom. The highest BCUT2D eigenvalue weighted by Gasteiger charge is 2.40. The van der Waals surface area contributed by atoms with Crippen LogP contribution in [0.2, 0.25) is 5.02 Å². The first-order valence-corrected chi connectivity index (χ1v) is 11.8. The summed E-state index contributed by atoms with van der Waals surface area (Å²) in [7, 11) is 1.58. The van der Waals surface area contributed by atoms with Gasteiger partial charge in [-0.3, -0.25) is 14.4 Å². The van der Waals surface area contributed by atoms with E-state index in [2.05, 4.69) is 10.6 Å². The second kappa shape index (κ2) is 9.29. The first-order chi connectivity index (χ1) is 16.1. The molecule has 3 amide bonds. The van der Waals surface area contributed by atoms with E-state index >= 15 is 0 Å². The quantitative estimate of drug-likeness (QED) is 0.670. The molecule has 2 aliphatic heterocycles. The Morgan fingerprint density at radius 1 is 1.18 bits per heavy atom. The van der Waals surface area contributed by atoms with Crippen LogP contribution in [-0.2, 0) is 9.59 Å². The van der Waals surface area contributed by atoms with Crippen molar-refractivity contribution >= 4 is 35.0 Å². The molecular weight excluding hydrogens is 454 g/mol. The van der Waals surface area contributed by atoms with Crippen molar-refractivity contribution in [2.75, 3.05) is 19.0 Å². The van der Waals surface area contributed by atoms with E-state index in [1.54, 1.807) is 42.3 Å². The van der Waals surface area contributed by atoms with E-state index in [9.17, 15) is 14.4 Å². The number of carbonyl (C=O) groups excluding carboxylic acids is 3. The number of carbonyl (C=O) groups is 3. The minimum absolute atomic E-state index is 0.0327. The summed E-state index contributed by atoms with van der Waals surface area (Å²) in [6.45, 7) is 6.42. The molecule has 2 aliphatic rings. The maximum atomic E-state index is 13.5. The molecule has 8 heteroatoms. The van der Waals surface area contributed by atoms with E-state index < -0.39 is 6.04 Å². The molecule has 0 spiro atoms. The van der Waals surface area contributed by atoms with Crippen LogP contribution in [0.15, 0.2) is 36.4 Å². The van der Waals surface area contributed by atoms with Gasteiger partial charge in [0.1, 0.15) is 11.8 Å². The third-order valence-electron chi connectivity index (χ3n) is 6.20. The van der Waals surface area contributed by atoms with Crippen LogP contribution in [-0.4, -0.2) is 48.4 Å². The fourth-order valence-corrected chi connectivity index (χ4v) is 4.79. The second-order valence-electron chi connectivity index (χ2n) is 10.1. The maximum absolute atomic E-state index is 13.5. The summed E-state index contributed by atoms with van der Waals surface area (Å²) in [5.41, 5.74) is 2.31. The zero-order valence-electron chi connectivity index (χ0n) is 19.9. The Balaban J connectivity index is 1.58. The van der Waals surface area contributed by atoms with E-state index in [1.807, 2.05) is 26.8 Å². The molecule has 0 radical (unpaired) electrons. The predicted molar refractivity (Wildman–Crippen MR) is 132 cm³/mol. The molecule has 2 aromatic carbocycles. The number of halogens is 1. The number of hydrogen-bond donors (Lipinski definition) is 2. The van der Waals surface area contributed by atoms with Gasteiger partial charge in [0.15, 0.2) is 0 Å². The minimum atomic E-state index is -0.641. The summed E-state index contributed by atoms with van der Waals surface area (Å²) < 4.78 is 5.47. The van der Waals surface area contributed by atoms with Gasteiger partial charge in [0, 0.05) is 29.6 Å². The van der Waals surface area contributed by atoms with Crippen LogP contribution < -0.4 is 15.4 Å². The number of nitrogens with one attached hydrogen (secondary N) is 2. The number of amides is 3. The zero-order valence-corrected chi connectivity index (χ0v) is 20.7. The van der Waals surface area contributed by atoms with E-state index in [4.69, 9.17) is 16.3 Å². The van der Waals surface area contributed by atoms with Gasteiger partial charge in [-0.2, -0.15) is 0 Å². The third kappa shape index (κ3) is 5.04. The fourth-order valence-electron chi connectivity index (χ4n) is 4.62. The Bertz CT molecular complexity index is 1140. The van der Waals surface area contributed by atoms with Crippen molar-refractivity contribution in [2.24, 2.45) is 5.41 Å². The average Bonchev–Trinajstić information content (AvgIpc) is 2.86. The summed E-state index contributed by atoms with van der Waals surface area (Å²) in [5.74, 6) is 0.157. The first-order valence-electron chi connectivity index (χ1n) is 11.4. The Kier molecular flexibility index (Phi) is 6.58. The number of benzene rings is 2. The maximum Gasteiger partial charge on any atom is 0.256 e. The normalized spacial score (nSPS) is 20.1. The largest absolute Gasteiger partial charge is 0.496 e. The van der Waals surface area contributed by atoms with Crippen molar-refractivity contribution < 1.29 is 19.1 Å². The van der Waals surface area contributed by atoms with Crippen molar-refractivity contribution in [2.45, 2.75) is 52.1 Å². The predicted octanol–water partition coefficient (Wildman–Crippen LogP) is 4.49. The highest BCUT2D eigenvalue weighted by atomic mass is 35.5. The molecule has 2 N–H and O–H groups in total. The number of nitrogens with zero attached hydrogens (tertiary/aromatic N) is 1. The summed E-state index contributed by atoms with van der Waals surface area (Å²) in [4.78, 5) is 40.6. The SMILES string of the molecule is COc1ccc(Cl)cc1-c1ccc2c(c1)C(=O)N1CCC(NC(=O)CC(C)(C)C)CC1C(=O)N2. The van der Waals surface area contributed by atoms with Gasteiger partial charge in [-0.25, -0.2) is 0 Å². The van der Waals surface area contributed by atoms with Crippen LogP contribution in [0.5, 0.6) is 5.75 Å². The molecule has 7 nitrogen and oxygen atoms in total. The van der Waals surface area contributed by atoms with Gasteiger partial charge in [0.05, 0.1) is 18.4 Å². The number of ether oxygens (including phenoxy) is 1. The molecule has 2 unspecified atom stereocenters. The molecule has 2 atom stereocenters. The van der Waals surface area contributed by atoms with E-state index in [-0.39, 0.29) is 29.2 Å². The Labute approximate surface area is 204 Å². The standard InChI is InChI=1S/C26H30ClN3O4/c1-26(2,3)14-23(31)28-17-9-10-30-21(13-17)24(32)29-20-7-5-15(11-19(20)25(30)33)18-12-16(27)6-8-22(18)34-4/h5-8,11-12,17,21H,9-10,13-14H2,1-4H3,(H,28,31)(H,29,32). The highest BCUT2D eigenvalue weighted by molar-refractivity contribution is 6.31. The van der Waals surface area contributed by atoms with Crippen LogP contribution >= 0.6 is 11.6 Å². The smallest absolute Gasteiger partial charge is 0.256 e. The molecule has 0 saturated carbocycles. The molecule has 0 aliphatic carbocycles. The molecule has 0 aromatic heterocycles. The van der Waals surface area contributed by atoms with Gasteiger partial charge in [0.2, 0.25) is 11.8 Å². The van der Waals surface area contributed by atoms with Crippen molar-refractivity contribution in [3.05, 3.63) is 47.0 Å². The number of methoxy groups -OCH3 is 1. The van der Waals surface area contributed by atoms with E-state index in [0.717, 1.165) is 11.1 Å². The number of piperidine rings is 1. The molecule has 2 aromatic rings. The summed E-state index contributed by atoms with van der Waals surface area (Å²) in [6.07, 6.45) is 1.39. The van der Waals surface area contributed by atoms with E-state index in [1.165, 1.54) is 0 Å². The molecule has 2 heterocycles. The molecular formula is C26H30ClN3O4. The van der Waals surface area contributed by atoms with Gasteiger partial charge in [-0.15, -0.1) is 0 Å². The minimum Gasteiger partial charge on any atom is -0.496 e. The molecule has 34 heavy (non-hydrogen) atoms. The van der Waals surface area contributed by atoms with Gasteiger partial charge in [-0.1, -0.05) is 38.4 Å². The van der Waals surface area contributed by atoms with Gasteiger partial charge in [0.25, 0.3) is 5.91 Å². The number of fused-ring (bicyclic) bond motifs is 2. The monoisotopic (exact) mass is 483 g/mol. The fraction of sp³-hybridized carbons (Fsp3) is 0.423. The second-order valence-corrected chi connectivity index (χ2v) is 10.6. The number of anilines is 1. The lowest BCUT2D eigenvalue weighted by molar-refractivity contribution is -0.126. The topological polar surface area (TPSA) is 87.7 Å². The Morgan fingerprint density at radius 2 is 1.94 bits per heavy atom. The zero-order chi connectivity index (χ0) is 24.6. The number of hydrogen-bond acceptors (Lipinski definition) is 4. The van der Waals surface area contributed by atoms with Crippen LogP contribution in [0.25, 0.3) is 11.1 Å². The lowest BCUT2D eigenvalue weighted by atomic mass is 9.91. The van der Waals surface area contributed by atoms with Crippen molar-refractivity contribution in [1.29, 1.82) is 0 Å². The third-order valence-corrected chi connectivity index (χ3v) is 6.44. The molecule has 4 rings (SSSR count). The van der Waals surface area contributed by atoms with Crippen molar-refractivity contribution in [3.63, 3.8) is 0 Å². The van der Waals surface area contributed by atoms with Crippen molar-refractivity contribution in [3.8, 4) is 16.9 Å². The van der Waals surface area contributed by atoms with Crippen molar-refractivity contribution in [1.82, 2.24) is 10.2 Å². The molecule has 180 valence electrons. The van der Waals surface area contributed by atoms with Gasteiger partial charge < -0.3 is 20.3 Å². The van der Waals surface area contributed by atoms with Crippen LogP contribution in [0.3, 0.4) is 0 Å². The summed E-state index contributed by atoms with van der Waals surface area (Å²) >= 11 is 6.20. The lowest BCUT2D eigenvalue weighted by Crippen LogP contribution is -2.55. The molecule has 0 bridgehead atoms. The molecule has 1 saturated heterocycles. The number of rotatable bonds is 4. The Hall–Kier alpha value is -3.06. The first kappa shape index (κ1) is 24.1. The molecule has 1 fully saturated rings. The average molecular weight is 484 g/mol. The lowest BCUT2D eigenvalue weighted by Gasteiger charge is -2.37. The summed E-state index contributed by atoms with van der Waals surface area (Å²) in [5, 5.41) is 6.52. The van der Waals surface area contributed by atoms with Gasteiger partial charge >= 0.3 is 0 Å².